The summed E-state index contributed by atoms with van der Waals surface area (Å²) in [5, 5.41) is 3.43. The van der Waals surface area contributed by atoms with Crippen molar-refractivity contribution in [3.63, 3.8) is 0 Å². The first-order chi connectivity index (χ1) is 10.7. The molecular formula is C18H37N3O2. The van der Waals surface area contributed by atoms with Crippen molar-refractivity contribution in [2.24, 2.45) is 11.8 Å². The van der Waals surface area contributed by atoms with E-state index in [0.29, 0.717) is 5.92 Å². The molecule has 1 atom stereocenters. The van der Waals surface area contributed by atoms with Crippen LogP contribution in [0.25, 0.3) is 0 Å². The van der Waals surface area contributed by atoms with Gasteiger partial charge in [-0.2, -0.15) is 0 Å². The molecule has 0 bridgehead atoms. The third-order valence-electron chi connectivity index (χ3n) is 3.98. The molecule has 5 nitrogen and oxygen atoms in total. The van der Waals surface area contributed by atoms with E-state index in [1.807, 2.05) is 25.7 Å². The molecule has 0 aromatic heterocycles. The number of hydrogen-bond acceptors (Lipinski definition) is 4. The Morgan fingerprint density at radius 2 is 2.09 bits per heavy atom. The Morgan fingerprint density at radius 3 is 2.65 bits per heavy atom. The fourth-order valence-corrected chi connectivity index (χ4v) is 2.92. The Balaban J connectivity index is 2.44. The zero-order chi connectivity index (χ0) is 17.5. The average molecular weight is 328 g/mol. The molecule has 1 unspecified atom stereocenters. The van der Waals surface area contributed by atoms with Gasteiger partial charge < -0.3 is 19.9 Å². The third-order valence-corrected chi connectivity index (χ3v) is 3.98. The van der Waals surface area contributed by atoms with E-state index in [-0.39, 0.29) is 6.09 Å². The monoisotopic (exact) mass is 327 g/mol. The van der Waals surface area contributed by atoms with Crippen LogP contribution >= 0.6 is 0 Å². The van der Waals surface area contributed by atoms with Gasteiger partial charge in [-0.3, -0.25) is 0 Å². The van der Waals surface area contributed by atoms with Crippen molar-refractivity contribution in [1.29, 1.82) is 0 Å². The largest absolute Gasteiger partial charge is 0.444 e. The molecule has 1 rings (SSSR count). The summed E-state index contributed by atoms with van der Waals surface area (Å²) in [4.78, 5) is 16.7. The summed E-state index contributed by atoms with van der Waals surface area (Å²) in [6, 6.07) is 0. The van der Waals surface area contributed by atoms with Crippen LogP contribution in [0.15, 0.2) is 0 Å². The average Bonchev–Trinajstić information content (AvgIpc) is 2.86. The molecule has 0 spiro atoms. The topological polar surface area (TPSA) is 44.8 Å². The van der Waals surface area contributed by atoms with Gasteiger partial charge in [-0.25, -0.2) is 4.79 Å². The maximum absolute atomic E-state index is 12.4. The molecule has 1 heterocycles. The quantitative estimate of drug-likeness (QED) is 0.744. The normalized spacial score (nSPS) is 19.3. The van der Waals surface area contributed by atoms with Gasteiger partial charge in [0, 0.05) is 26.2 Å². The maximum atomic E-state index is 12.4. The molecule has 1 amide bonds. The van der Waals surface area contributed by atoms with E-state index in [4.69, 9.17) is 4.74 Å². The van der Waals surface area contributed by atoms with Crippen LogP contribution in [0.1, 0.15) is 48.0 Å². The van der Waals surface area contributed by atoms with Gasteiger partial charge in [-0.1, -0.05) is 20.8 Å². The van der Waals surface area contributed by atoms with E-state index in [0.717, 1.165) is 51.7 Å². The second-order valence-corrected chi connectivity index (χ2v) is 8.08. The summed E-state index contributed by atoms with van der Waals surface area (Å²) in [5.41, 5.74) is -0.434. The van der Waals surface area contributed by atoms with Crippen LogP contribution in [0.2, 0.25) is 0 Å². The minimum absolute atomic E-state index is 0.186. The molecule has 0 saturated carbocycles. The SMILES string of the molecule is CCNCC1CCN(CCN(CC(C)C)C(=O)OC(C)(C)C)C1. The molecule has 1 N–H and O–H groups in total. The van der Waals surface area contributed by atoms with E-state index < -0.39 is 5.60 Å². The first-order valence-corrected chi connectivity index (χ1v) is 9.12. The third kappa shape index (κ3) is 8.56. The number of carbonyl (C=O) groups excluding carboxylic acids is 1. The van der Waals surface area contributed by atoms with Crippen LogP contribution in [-0.4, -0.2) is 67.3 Å². The fourth-order valence-electron chi connectivity index (χ4n) is 2.92. The molecule has 1 aliphatic rings. The zero-order valence-electron chi connectivity index (χ0n) is 16.0. The van der Waals surface area contributed by atoms with Gasteiger partial charge >= 0.3 is 6.09 Å². The highest BCUT2D eigenvalue weighted by molar-refractivity contribution is 5.68. The van der Waals surface area contributed by atoms with Crippen LogP contribution in [0.4, 0.5) is 4.79 Å². The number of hydrogen-bond donors (Lipinski definition) is 1. The lowest BCUT2D eigenvalue weighted by Crippen LogP contribution is -2.43. The number of carbonyl (C=O) groups is 1. The molecule has 0 aromatic rings. The highest BCUT2D eigenvalue weighted by atomic mass is 16.6. The predicted molar refractivity (Wildman–Crippen MR) is 95.7 cm³/mol. The van der Waals surface area contributed by atoms with Crippen molar-refractivity contribution in [3.05, 3.63) is 0 Å². The van der Waals surface area contributed by atoms with Gasteiger partial charge in [-0.15, -0.1) is 0 Å². The molecule has 0 aromatic carbocycles. The minimum atomic E-state index is -0.434. The standard InChI is InChI=1S/C18H37N3O2/c1-7-19-12-16-8-9-20(14-16)10-11-21(13-15(2)3)17(22)23-18(4,5)6/h15-16,19H,7-14H2,1-6H3. The summed E-state index contributed by atoms with van der Waals surface area (Å²) >= 11 is 0. The maximum Gasteiger partial charge on any atom is 0.410 e. The summed E-state index contributed by atoms with van der Waals surface area (Å²) < 4.78 is 5.55. The van der Waals surface area contributed by atoms with Crippen LogP contribution in [0.5, 0.6) is 0 Å². The van der Waals surface area contributed by atoms with Crippen LogP contribution < -0.4 is 5.32 Å². The van der Waals surface area contributed by atoms with Crippen LogP contribution in [0.3, 0.4) is 0 Å². The molecule has 0 radical (unpaired) electrons. The van der Waals surface area contributed by atoms with Crippen molar-refractivity contribution in [3.8, 4) is 0 Å². The molecule has 23 heavy (non-hydrogen) atoms. The highest BCUT2D eigenvalue weighted by Gasteiger charge is 2.25. The van der Waals surface area contributed by atoms with Crippen molar-refractivity contribution in [2.75, 3.05) is 45.8 Å². The van der Waals surface area contributed by atoms with Gasteiger partial charge in [0.05, 0.1) is 0 Å². The first-order valence-electron chi connectivity index (χ1n) is 9.12. The van der Waals surface area contributed by atoms with E-state index in [1.54, 1.807) is 0 Å². The Hall–Kier alpha value is -0.810. The van der Waals surface area contributed by atoms with E-state index >= 15 is 0 Å². The molecule has 5 heteroatoms. The smallest absolute Gasteiger partial charge is 0.410 e. The van der Waals surface area contributed by atoms with E-state index in [2.05, 4.69) is 31.0 Å². The van der Waals surface area contributed by atoms with Gasteiger partial charge in [0.25, 0.3) is 0 Å². The van der Waals surface area contributed by atoms with Crippen molar-refractivity contribution in [2.45, 2.75) is 53.6 Å². The molecular weight excluding hydrogens is 290 g/mol. The fraction of sp³-hybridized carbons (Fsp3) is 0.944. The number of likely N-dealkylation sites (tertiary alicyclic amines) is 1. The van der Waals surface area contributed by atoms with Gasteiger partial charge in [-0.05, 0) is 58.7 Å². The molecule has 1 saturated heterocycles. The first kappa shape index (κ1) is 20.2. The van der Waals surface area contributed by atoms with Gasteiger partial charge in [0.15, 0.2) is 0 Å². The number of ether oxygens (including phenoxy) is 1. The lowest BCUT2D eigenvalue weighted by atomic mass is 10.1. The van der Waals surface area contributed by atoms with Crippen molar-refractivity contribution in [1.82, 2.24) is 15.1 Å². The Kier molecular flexibility index (Phi) is 8.34. The van der Waals surface area contributed by atoms with Crippen LogP contribution in [-0.2, 0) is 4.74 Å². The molecule has 0 aliphatic carbocycles. The molecule has 136 valence electrons. The van der Waals surface area contributed by atoms with Crippen molar-refractivity contribution < 1.29 is 9.53 Å². The van der Waals surface area contributed by atoms with Gasteiger partial charge in [0.1, 0.15) is 5.60 Å². The van der Waals surface area contributed by atoms with Crippen molar-refractivity contribution >= 4 is 6.09 Å². The molecule has 1 aliphatic heterocycles. The second-order valence-electron chi connectivity index (χ2n) is 8.08. The predicted octanol–water partition coefficient (Wildman–Crippen LogP) is 2.81. The number of nitrogens with zero attached hydrogens (tertiary/aromatic N) is 2. The van der Waals surface area contributed by atoms with E-state index in [1.165, 1.54) is 6.42 Å². The molecule has 1 fully saturated rings. The lowest BCUT2D eigenvalue weighted by Gasteiger charge is -2.30. The highest BCUT2D eigenvalue weighted by Crippen LogP contribution is 2.16. The minimum Gasteiger partial charge on any atom is -0.444 e. The van der Waals surface area contributed by atoms with Crippen LogP contribution in [0, 0.1) is 11.8 Å². The number of rotatable bonds is 8. The Morgan fingerprint density at radius 1 is 1.39 bits per heavy atom. The summed E-state index contributed by atoms with van der Waals surface area (Å²) in [5.74, 6) is 1.19. The second kappa shape index (κ2) is 9.48. The zero-order valence-corrected chi connectivity index (χ0v) is 16.0. The number of nitrogens with one attached hydrogen (secondary N) is 1. The number of amides is 1. The summed E-state index contributed by atoms with van der Waals surface area (Å²) in [7, 11) is 0. The summed E-state index contributed by atoms with van der Waals surface area (Å²) in [6.45, 7) is 19.1. The Bertz CT molecular complexity index is 353. The lowest BCUT2D eigenvalue weighted by molar-refractivity contribution is 0.0213. The Labute approximate surface area is 142 Å². The van der Waals surface area contributed by atoms with Gasteiger partial charge in [0.2, 0.25) is 0 Å². The summed E-state index contributed by atoms with van der Waals surface area (Å²) in [6.07, 6.45) is 1.07. The van der Waals surface area contributed by atoms with E-state index in [9.17, 15) is 4.79 Å².